The van der Waals surface area contributed by atoms with Crippen molar-refractivity contribution >= 4 is 11.3 Å². The van der Waals surface area contributed by atoms with Crippen LogP contribution in [0.15, 0.2) is 16.6 Å². The average Bonchev–Trinajstić information content (AvgIpc) is 2.18. The minimum atomic E-state index is 0.869. The predicted molar refractivity (Wildman–Crippen MR) is 39.4 cm³/mol. The van der Waals surface area contributed by atoms with E-state index in [1.165, 1.54) is 0 Å². The van der Waals surface area contributed by atoms with E-state index in [1.807, 2.05) is 30.1 Å². The van der Waals surface area contributed by atoms with E-state index in [0.29, 0.717) is 0 Å². The molecule has 0 saturated carbocycles. The highest BCUT2D eigenvalue weighted by Gasteiger charge is 1.83. The van der Waals surface area contributed by atoms with E-state index >= 15 is 0 Å². The maximum absolute atomic E-state index is 4.25. The van der Waals surface area contributed by atoms with E-state index in [-0.39, 0.29) is 0 Å². The van der Waals surface area contributed by atoms with Crippen molar-refractivity contribution in [2.24, 2.45) is 12.0 Å². The van der Waals surface area contributed by atoms with E-state index in [0.717, 1.165) is 11.3 Å². The lowest BCUT2D eigenvalue weighted by Crippen LogP contribution is -2.08. The van der Waals surface area contributed by atoms with E-state index in [4.69, 9.17) is 0 Å². The van der Waals surface area contributed by atoms with E-state index in [2.05, 4.69) is 4.99 Å². The summed E-state index contributed by atoms with van der Waals surface area (Å²) in [5, 5.41) is 2.04. The molecule has 1 aromatic rings. The highest BCUT2D eigenvalue weighted by molar-refractivity contribution is 7.07. The Morgan fingerprint density at radius 3 is 3.00 bits per heavy atom. The van der Waals surface area contributed by atoms with Crippen molar-refractivity contribution in [2.45, 2.75) is 6.92 Å². The highest BCUT2D eigenvalue weighted by Crippen LogP contribution is 1.84. The Bertz CT molecular complexity index is 233. The number of hydrogen-bond acceptors (Lipinski definition) is 2. The first kappa shape index (κ1) is 6.55. The second-order valence-electron chi connectivity index (χ2n) is 1.77. The Morgan fingerprint density at radius 1 is 1.78 bits per heavy atom. The molecule has 0 spiro atoms. The molecule has 9 heavy (non-hydrogen) atoms. The lowest BCUT2D eigenvalue weighted by atomic mass is 10.8. The number of aryl methyl sites for hydroxylation is 1. The Labute approximate surface area is 58.5 Å². The van der Waals surface area contributed by atoms with Gasteiger partial charge in [0.15, 0.2) is 4.80 Å². The first-order chi connectivity index (χ1) is 4.34. The summed E-state index contributed by atoms with van der Waals surface area (Å²) in [4.78, 5) is 5.34. The molecule has 1 heterocycles. The Morgan fingerprint density at radius 2 is 2.56 bits per heavy atom. The zero-order chi connectivity index (χ0) is 6.69. The van der Waals surface area contributed by atoms with Crippen LogP contribution < -0.4 is 4.80 Å². The predicted octanol–water partition coefficient (Wildman–Crippen LogP) is 1.01. The van der Waals surface area contributed by atoms with Gasteiger partial charge < -0.3 is 4.57 Å². The van der Waals surface area contributed by atoms with Gasteiger partial charge in [-0.15, -0.1) is 11.3 Å². The molecule has 3 heteroatoms. The fourth-order valence-corrected chi connectivity index (χ4v) is 1.41. The van der Waals surface area contributed by atoms with Gasteiger partial charge in [-0.05, 0) is 6.92 Å². The molecule has 0 atom stereocenters. The lowest BCUT2D eigenvalue weighted by Gasteiger charge is -1.85. The standard InChI is InChI=1S/C6H10N2S/c1-3-7-6-8(2)4-5-9-6/h4-5H,3H2,1-2H3/b7-6+. The summed E-state index contributed by atoms with van der Waals surface area (Å²) in [5.74, 6) is 0. The van der Waals surface area contributed by atoms with Gasteiger partial charge in [-0.1, -0.05) is 0 Å². The van der Waals surface area contributed by atoms with Gasteiger partial charge in [0, 0.05) is 25.2 Å². The van der Waals surface area contributed by atoms with Crippen LogP contribution in [-0.2, 0) is 7.05 Å². The van der Waals surface area contributed by atoms with E-state index < -0.39 is 0 Å². The van der Waals surface area contributed by atoms with Gasteiger partial charge in [-0.25, -0.2) is 0 Å². The number of rotatable bonds is 1. The zero-order valence-corrected chi connectivity index (χ0v) is 6.48. The molecule has 0 saturated heterocycles. The maximum atomic E-state index is 4.25. The third kappa shape index (κ3) is 1.42. The third-order valence-electron chi connectivity index (χ3n) is 1.05. The Hall–Kier alpha value is -0.570. The van der Waals surface area contributed by atoms with Crippen molar-refractivity contribution in [1.29, 1.82) is 0 Å². The molecule has 0 amide bonds. The van der Waals surface area contributed by atoms with Crippen LogP contribution in [0.25, 0.3) is 0 Å². The first-order valence-corrected chi connectivity index (χ1v) is 3.83. The van der Waals surface area contributed by atoms with Crippen LogP contribution in [0.4, 0.5) is 0 Å². The highest BCUT2D eigenvalue weighted by atomic mass is 32.1. The number of nitrogens with zero attached hydrogens (tertiary/aromatic N) is 2. The van der Waals surface area contributed by atoms with Gasteiger partial charge in [-0.2, -0.15) is 0 Å². The lowest BCUT2D eigenvalue weighted by molar-refractivity contribution is 0.849. The maximum Gasteiger partial charge on any atom is 0.184 e. The number of hydrogen-bond donors (Lipinski definition) is 0. The van der Waals surface area contributed by atoms with Gasteiger partial charge in [-0.3, -0.25) is 4.99 Å². The van der Waals surface area contributed by atoms with E-state index in [1.54, 1.807) is 11.3 Å². The number of aromatic nitrogens is 1. The van der Waals surface area contributed by atoms with Crippen LogP contribution in [0, 0.1) is 0 Å². The van der Waals surface area contributed by atoms with Crippen LogP contribution in [0.5, 0.6) is 0 Å². The quantitative estimate of drug-likeness (QED) is 0.557. The van der Waals surface area contributed by atoms with Crippen LogP contribution in [-0.4, -0.2) is 11.1 Å². The molecule has 0 unspecified atom stereocenters. The van der Waals surface area contributed by atoms with Crippen molar-refractivity contribution in [3.05, 3.63) is 16.4 Å². The van der Waals surface area contributed by atoms with E-state index in [9.17, 15) is 0 Å². The second kappa shape index (κ2) is 2.82. The van der Waals surface area contributed by atoms with Crippen LogP contribution >= 0.6 is 11.3 Å². The molecule has 0 radical (unpaired) electrons. The minimum absolute atomic E-state index is 0.869. The fourth-order valence-electron chi connectivity index (χ4n) is 0.614. The average molecular weight is 142 g/mol. The summed E-state index contributed by atoms with van der Waals surface area (Å²) in [7, 11) is 2.00. The SMILES string of the molecule is CC/N=c1/sccn1C. The largest absolute Gasteiger partial charge is 0.327 e. The Kier molecular flexibility index (Phi) is 2.05. The molecular weight excluding hydrogens is 132 g/mol. The molecule has 0 aliphatic carbocycles. The van der Waals surface area contributed by atoms with Crippen LogP contribution in [0.2, 0.25) is 0 Å². The van der Waals surface area contributed by atoms with Crippen molar-refractivity contribution in [3.63, 3.8) is 0 Å². The van der Waals surface area contributed by atoms with Gasteiger partial charge in [0.2, 0.25) is 0 Å². The molecule has 1 aromatic heterocycles. The molecule has 1 rings (SSSR count). The number of thiazole rings is 1. The molecule has 0 fully saturated rings. The molecule has 2 nitrogen and oxygen atoms in total. The van der Waals surface area contributed by atoms with Crippen LogP contribution in [0.3, 0.4) is 0 Å². The summed E-state index contributed by atoms with van der Waals surface area (Å²) < 4.78 is 2.02. The monoisotopic (exact) mass is 142 g/mol. The van der Waals surface area contributed by atoms with Crippen molar-refractivity contribution in [3.8, 4) is 0 Å². The van der Waals surface area contributed by atoms with Crippen molar-refractivity contribution < 1.29 is 0 Å². The van der Waals surface area contributed by atoms with Crippen LogP contribution in [0.1, 0.15) is 6.92 Å². The molecule has 0 aliphatic rings. The molecule has 50 valence electrons. The third-order valence-corrected chi connectivity index (χ3v) is 1.94. The summed E-state index contributed by atoms with van der Waals surface area (Å²) in [5.41, 5.74) is 0. The summed E-state index contributed by atoms with van der Waals surface area (Å²) >= 11 is 1.67. The fraction of sp³-hybridized carbons (Fsp3) is 0.500. The zero-order valence-electron chi connectivity index (χ0n) is 5.66. The van der Waals surface area contributed by atoms with Crippen molar-refractivity contribution in [1.82, 2.24) is 4.57 Å². The van der Waals surface area contributed by atoms with Gasteiger partial charge in [0.1, 0.15) is 0 Å². The minimum Gasteiger partial charge on any atom is -0.327 e. The molecule has 0 bridgehead atoms. The summed E-state index contributed by atoms with van der Waals surface area (Å²) in [6, 6.07) is 0. The van der Waals surface area contributed by atoms with Gasteiger partial charge >= 0.3 is 0 Å². The van der Waals surface area contributed by atoms with Crippen molar-refractivity contribution in [2.75, 3.05) is 6.54 Å². The molecule has 0 N–H and O–H groups in total. The summed E-state index contributed by atoms with van der Waals surface area (Å²) in [6.45, 7) is 2.91. The second-order valence-corrected chi connectivity index (χ2v) is 2.64. The topological polar surface area (TPSA) is 17.3 Å². The first-order valence-electron chi connectivity index (χ1n) is 2.95. The molecule has 0 aliphatic heterocycles. The molecular formula is C6H10N2S. The van der Waals surface area contributed by atoms with Gasteiger partial charge in [0.05, 0.1) is 0 Å². The molecule has 0 aromatic carbocycles. The van der Waals surface area contributed by atoms with Gasteiger partial charge in [0.25, 0.3) is 0 Å². The normalized spacial score (nSPS) is 12.4. The smallest absolute Gasteiger partial charge is 0.184 e. The summed E-state index contributed by atoms with van der Waals surface area (Å²) in [6.07, 6.45) is 2.01. The Balaban J connectivity index is 3.07.